The van der Waals surface area contributed by atoms with E-state index in [9.17, 15) is 0 Å². The number of thioether (sulfide) groups is 1. The number of benzene rings is 8. The van der Waals surface area contributed by atoms with Crippen LogP contribution in [0.3, 0.4) is 0 Å². The monoisotopic (exact) mass is 942 g/mol. The van der Waals surface area contributed by atoms with Gasteiger partial charge in [0.15, 0.2) is 11.5 Å². The van der Waals surface area contributed by atoms with Crippen molar-refractivity contribution in [3.63, 3.8) is 0 Å². The van der Waals surface area contributed by atoms with Crippen molar-refractivity contribution in [3.8, 4) is 33.8 Å². The number of fused-ring (bicyclic) bond motifs is 12. The first-order valence-electron chi connectivity index (χ1n) is 24.7. The highest BCUT2D eigenvalue weighted by Gasteiger charge is 2.46. The molecule has 0 fully saturated rings. The van der Waals surface area contributed by atoms with Crippen molar-refractivity contribution in [1.29, 1.82) is 0 Å². The van der Waals surface area contributed by atoms with Crippen LogP contribution in [0.5, 0.6) is 11.5 Å². The minimum atomic E-state index is -0.0852. The highest BCUT2D eigenvalue weighted by molar-refractivity contribution is 8.00. The summed E-state index contributed by atoms with van der Waals surface area (Å²) in [7, 11) is 0. The Bertz CT molecular complexity index is 3740. The van der Waals surface area contributed by atoms with Gasteiger partial charge in [-0.1, -0.05) is 130 Å². The molecule has 4 aliphatic heterocycles. The molecule has 8 aromatic carbocycles. The normalized spacial score (nSPS) is 17.1. The molecule has 5 aliphatic rings. The molecule has 2 atom stereocenters. The van der Waals surface area contributed by atoms with E-state index in [0.717, 1.165) is 22.9 Å². The standard InChI is InChI=1S/C63H51BN2O2S2/c1-36-29-52-59-53(30-36)66(60-37(2)31-43(32-38(60)3)63(4,5)6)61-49(24-26-54-62(61)68-28-27-67-54)64(59)50-33-40(42-18-23-48-46-12-8-10-14-56(46)70-58(48)35-42)19-25-51(50)65(52)44-20-15-39(16-21-44)41-17-22-47-45-11-7-9-13-55(45)69-57(47)34-41/h7-26,29-35,45,55H,27-28H2,1-6H3. The quantitative estimate of drug-likeness (QED) is 0.164. The van der Waals surface area contributed by atoms with Crippen LogP contribution in [0.4, 0.5) is 34.1 Å². The van der Waals surface area contributed by atoms with Crippen molar-refractivity contribution in [2.75, 3.05) is 23.0 Å². The largest absolute Gasteiger partial charge is 0.486 e. The van der Waals surface area contributed by atoms with Gasteiger partial charge in [0, 0.05) is 59.0 Å². The van der Waals surface area contributed by atoms with Crippen LogP contribution in [0.25, 0.3) is 42.4 Å². The molecule has 1 aliphatic carbocycles. The number of ether oxygens (including phenoxy) is 2. The first-order chi connectivity index (χ1) is 34.1. The molecule has 0 N–H and O–H groups in total. The molecule has 0 spiro atoms. The van der Waals surface area contributed by atoms with Gasteiger partial charge >= 0.3 is 0 Å². The molecular weight excluding hydrogens is 892 g/mol. The first kappa shape index (κ1) is 42.0. The summed E-state index contributed by atoms with van der Waals surface area (Å²) in [6, 6.07) is 53.5. The Morgan fingerprint density at radius 3 is 2.11 bits per heavy atom. The van der Waals surface area contributed by atoms with Crippen LogP contribution in [0.2, 0.25) is 0 Å². The number of hydrogen-bond acceptors (Lipinski definition) is 6. The predicted molar refractivity (Wildman–Crippen MR) is 299 cm³/mol. The van der Waals surface area contributed by atoms with Crippen molar-refractivity contribution < 1.29 is 9.47 Å². The van der Waals surface area contributed by atoms with Gasteiger partial charge in [-0.25, -0.2) is 0 Å². The molecule has 9 aromatic rings. The zero-order chi connectivity index (χ0) is 47.2. The fourth-order valence-electron chi connectivity index (χ4n) is 12.1. The van der Waals surface area contributed by atoms with E-state index in [4.69, 9.17) is 9.47 Å². The summed E-state index contributed by atoms with van der Waals surface area (Å²) in [4.78, 5) is 6.45. The number of thiophene rings is 1. The molecule has 7 heteroatoms. The molecule has 70 heavy (non-hydrogen) atoms. The topological polar surface area (TPSA) is 24.9 Å². The Morgan fingerprint density at radius 2 is 1.29 bits per heavy atom. The average Bonchev–Trinajstić information content (AvgIpc) is 3.94. The molecule has 14 rings (SSSR count). The lowest BCUT2D eigenvalue weighted by Crippen LogP contribution is -2.61. The van der Waals surface area contributed by atoms with Crippen molar-refractivity contribution in [1.82, 2.24) is 0 Å². The number of hydrogen-bond donors (Lipinski definition) is 0. The van der Waals surface area contributed by atoms with Crippen LogP contribution in [-0.4, -0.2) is 25.2 Å². The van der Waals surface area contributed by atoms with Crippen molar-refractivity contribution in [2.45, 2.75) is 63.0 Å². The molecule has 0 bridgehead atoms. The summed E-state index contributed by atoms with van der Waals surface area (Å²) in [6.45, 7) is 14.7. The van der Waals surface area contributed by atoms with Crippen LogP contribution in [0, 0.1) is 20.8 Å². The number of nitrogens with zero attached hydrogens (tertiary/aromatic N) is 2. The van der Waals surface area contributed by atoms with Gasteiger partial charge in [-0.3, -0.25) is 0 Å². The van der Waals surface area contributed by atoms with Gasteiger partial charge in [0.05, 0.1) is 11.4 Å². The van der Waals surface area contributed by atoms with Crippen molar-refractivity contribution in [3.05, 3.63) is 192 Å². The smallest absolute Gasteiger partial charge is 0.252 e. The summed E-state index contributed by atoms with van der Waals surface area (Å²) in [5.74, 6) is 2.07. The summed E-state index contributed by atoms with van der Waals surface area (Å²) >= 11 is 3.87. The third-order valence-electron chi connectivity index (χ3n) is 15.4. The zero-order valence-corrected chi connectivity index (χ0v) is 41.9. The van der Waals surface area contributed by atoms with E-state index >= 15 is 0 Å². The van der Waals surface area contributed by atoms with E-state index in [0.29, 0.717) is 24.4 Å². The van der Waals surface area contributed by atoms with E-state index in [1.54, 1.807) is 0 Å². The molecule has 0 radical (unpaired) electrons. The fourth-order valence-corrected chi connectivity index (χ4v) is 14.6. The molecule has 0 saturated carbocycles. The predicted octanol–water partition coefficient (Wildman–Crippen LogP) is 15.1. The van der Waals surface area contributed by atoms with Crippen molar-refractivity contribution >= 4 is 100 Å². The highest BCUT2D eigenvalue weighted by Crippen LogP contribution is 2.53. The van der Waals surface area contributed by atoms with E-state index in [2.05, 4.69) is 215 Å². The van der Waals surface area contributed by atoms with Gasteiger partial charge in [-0.05, 0) is 147 Å². The van der Waals surface area contributed by atoms with Crippen LogP contribution >= 0.6 is 23.1 Å². The number of anilines is 6. The minimum absolute atomic E-state index is 0.00373. The average molecular weight is 943 g/mol. The SMILES string of the molecule is Cc1cc2c3c(c1)N(c1c(C)cc(C(C)(C)C)cc1C)c1c(ccc4c1OCCO4)B3c1cc(-c3ccc4c(c3)sc3ccccc34)ccc1N2c1ccc(-c2ccc3c(c2)SC2C=CC=CC32)cc1. The van der Waals surface area contributed by atoms with Gasteiger partial charge < -0.3 is 19.3 Å². The van der Waals surface area contributed by atoms with Crippen LogP contribution < -0.4 is 35.7 Å². The van der Waals surface area contributed by atoms with Gasteiger partial charge in [-0.15, -0.1) is 23.1 Å². The number of rotatable bonds is 4. The Labute approximate surface area is 419 Å². The van der Waals surface area contributed by atoms with Crippen LogP contribution in [0.1, 0.15) is 54.5 Å². The maximum atomic E-state index is 6.77. The third kappa shape index (κ3) is 6.37. The molecular formula is C63H51BN2O2S2. The molecule has 0 amide bonds. The molecule has 0 saturated heterocycles. The Hall–Kier alpha value is -6.93. The summed E-state index contributed by atoms with van der Waals surface area (Å²) in [5.41, 5.74) is 22.1. The number of allylic oxidation sites excluding steroid dienone is 3. The van der Waals surface area contributed by atoms with Crippen LogP contribution in [0.15, 0.2) is 169 Å². The molecule has 4 nitrogen and oxygen atoms in total. The zero-order valence-electron chi connectivity index (χ0n) is 40.3. The summed E-state index contributed by atoms with van der Waals surface area (Å²) in [6.07, 6.45) is 9.09. The first-order valence-corrected chi connectivity index (χ1v) is 26.4. The van der Waals surface area contributed by atoms with Gasteiger partial charge in [0.25, 0.3) is 6.71 Å². The number of aryl methyl sites for hydroxylation is 3. The maximum absolute atomic E-state index is 6.77. The van der Waals surface area contributed by atoms with Gasteiger partial charge in [0.2, 0.25) is 0 Å². The lowest BCUT2D eigenvalue weighted by molar-refractivity contribution is 0.172. The Balaban J connectivity index is 0.985. The van der Waals surface area contributed by atoms with Gasteiger partial charge in [-0.2, -0.15) is 0 Å². The second kappa shape index (κ2) is 15.5. The molecule has 1 aromatic heterocycles. The van der Waals surface area contributed by atoms with Gasteiger partial charge in [0.1, 0.15) is 13.2 Å². The fraction of sp³-hybridized carbons (Fsp3) is 0.175. The maximum Gasteiger partial charge on any atom is 0.252 e. The third-order valence-corrected chi connectivity index (χ3v) is 17.8. The van der Waals surface area contributed by atoms with Crippen molar-refractivity contribution in [2.24, 2.45) is 0 Å². The summed E-state index contributed by atoms with van der Waals surface area (Å²) < 4.78 is 15.8. The minimum Gasteiger partial charge on any atom is -0.486 e. The van der Waals surface area contributed by atoms with E-state index < -0.39 is 0 Å². The lowest BCUT2D eigenvalue weighted by atomic mass is 9.33. The Kier molecular flexibility index (Phi) is 9.32. The molecule has 5 heterocycles. The summed E-state index contributed by atoms with van der Waals surface area (Å²) in [5, 5.41) is 3.11. The molecule has 340 valence electrons. The molecule has 2 unspecified atom stereocenters. The Morgan fingerprint density at radius 1 is 0.586 bits per heavy atom. The second-order valence-electron chi connectivity index (χ2n) is 20.8. The van der Waals surface area contributed by atoms with Crippen LogP contribution in [-0.2, 0) is 5.41 Å². The van der Waals surface area contributed by atoms with E-state index in [1.165, 1.54) is 114 Å². The van der Waals surface area contributed by atoms with E-state index in [1.807, 2.05) is 23.1 Å². The second-order valence-corrected chi connectivity index (χ2v) is 23.1. The highest BCUT2D eigenvalue weighted by atomic mass is 32.2. The van der Waals surface area contributed by atoms with E-state index in [-0.39, 0.29) is 12.1 Å². The lowest BCUT2D eigenvalue weighted by Gasteiger charge is -2.46.